The van der Waals surface area contributed by atoms with Gasteiger partial charge in [0.05, 0.1) is 0 Å². The highest BCUT2D eigenvalue weighted by molar-refractivity contribution is 5.63. The largest absolute Gasteiger partial charge is 0.398 e. The van der Waals surface area contributed by atoms with Gasteiger partial charge in [0.15, 0.2) is 0 Å². The molecule has 1 nitrogen and oxygen atoms in total. The summed E-state index contributed by atoms with van der Waals surface area (Å²) in [6.07, 6.45) is 6.21. The highest BCUT2D eigenvalue weighted by Gasteiger charge is 2.25. The smallest absolute Gasteiger partial charge is 0.0384 e. The molecule has 3 rings (SSSR count). The van der Waals surface area contributed by atoms with Crippen LogP contribution in [-0.4, -0.2) is 0 Å². The highest BCUT2D eigenvalue weighted by Crippen LogP contribution is 2.38. The molecule has 0 amide bonds. The van der Waals surface area contributed by atoms with Crippen molar-refractivity contribution in [2.45, 2.75) is 39.0 Å². The molecule has 74 valence electrons. The summed E-state index contributed by atoms with van der Waals surface area (Å²) >= 11 is 0. The Morgan fingerprint density at radius 2 is 2.00 bits per heavy atom. The number of aryl methyl sites for hydroxylation is 1. The molecule has 1 unspecified atom stereocenters. The second-order valence-corrected chi connectivity index (χ2v) is 4.93. The van der Waals surface area contributed by atoms with Crippen LogP contribution in [0.3, 0.4) is 0 Å². The number of rotatable bonds is 0. The second kappa shape index (κ2) is 2.75. The van der Waals surface area contributed by atoms with Crippen LogP contribution in [0.15, 0.2) is 6.07 Å². The third-order valence-corrected chi connectivity index (χ3v) is 3.77. The minimum absolute atomic E-state index is 0.801. The van der Waals surface area contributed by atoms with Crippen molar-refractivity contribution in [2.75, 3.05) is 5.73 Å². The van der Waals surface area contributed by atoms with Crippen LogP contribution in [0.25, 0.3) is 0 Å². The van der Waals surface area contributed by atoms with Crippen LogP contribution in [0.5, 0.6) is 0 Å². The number of fused-ring (bicyclic) bond motifs is 2. The molecule has 0 saturated carbocycles. The van der Waals surface area contributed by atoms with Gasteiger partial charge in [-0.3, -0.25) is 0 Å². The molecule has 2 N–H and O–H groups in total. The number of benzene rings is 1. The van der Waals surface area contributed by atoms with E-state index in [-0.39, 0.29) is 0 Å². The maximum Gasteiger partial charge on any atom is 0.0384 e. The predicted octanol–water partition coefficient (Wildman–Crippen LogP) is 2.49. The molecule has 0 spiro atoms. The maximum atomic E-state index is 6.25. The average molecular weight is 187 g/mol. The molecule has 14 heavy (non-hydrogen) atoms. The predicted molar refractivity (Wildman–Crippen MR) is 59.5 cm³/mol. The number of nitrogens with two attached hydrogens (primary N) is 1. The molecule has 0 radical (unpaired) electrons. The monoisotopic (exact) mass is 187 g/mol. The fourth-order valence-corrected chi connectivity index (χ4v) is 3.11. The molecule has 0 aliphatic heterocycles. The summed E-state index contributed by atoms with van der Waals surface area (Å²) in [4.78, 5) is 0. The maximum absolute atomic E-state index is 6.25. The van der Waals surface area contributed by atoms with E-state index in [4.69, 9.17) is 5.73 Å². The summed E-state index contributed by atoms with van der Waals surface area (Å²) < 4.78 is 0. The molecule has 1 aromatic carbocycles. The second-order valence-electron chi connectivity index (χ2n) is 4.93. The zero-order valence-corrected chi connectivity index (χ0v) is 8.77. The van der Waals surface area contributed by atoms with Crippen molar-refractivity contribution in [2.24, 2.45) is 5.92 Å². The van der Waals surface area contributed by atoms with Crippen molar-refractivity contribution < 1.29 is 0 Å². The van der Waals surface area contributed by atoms with Crippen molar-refractivity contribution in [1.82, 2.24) is 0 Å². The standard InChI is InChI=1S/C13H17N/c1-8-5-10-7-9-3-2-4-11(9)13(14)12(10)6-8/h7-8H,2-6,14H2,1H3. The summed E-state index contributed by atoms with van der Waals surface area (Å²) in [5.41, 5.74) is 13.4. The van der Waals surface area contributed by atoms with Gasteiger partial charge in [-0.15, -0.1) is 0 Å². The molecule has 1 atom stereocenters. The van der Waals surface area contributed by atoms with Gasteiger partial charge in [-0.05, 0) is 60.3 Å². The van der Waals surface area contributed by atoms with Crippen LogP contribution in [0.2, 0.25) is 0 Å². The Bertz CT molecular complexity index is 393. The third-order valence-electron chi connectivity index (χ3n) is 3.77. The van der Waals surface area contributed by atoms with Crippen LogP contribution in [0.4, 0.5) is 5.69 Å². The fourth-order valence-electron chi connectivity index (χ4n) is 3.11. The van der Waals surface area contributed by atoms with E-state index in [1.165, 1.54) is 54.4 Å². The first-order valence-electron chi connectivity index (χ1n) is 5.67. The number of hydrogen-bond donors (Lipinski definition) is 1. The lowest BCUT2D eigenvalue weighted by molar-refractivity contribution is 0.628. The minimum Gasteiger partial charge on any atom is -0.398 e. The van der Waals surface area contributed by atoms with E-state index in [1.807, 2.05) is 0 Å². The summed E-state index contributed by atoms with van der Waals surface area (Å²) in [6.45, 7) is 2.32. The highest BCUT2D eigenvalue weighted by atomic mass is 14.6. The zero-order valence-electron chi connectivity index (χ0n) is 8.77. The SMILES string of the molecule is CC1Cc2cc3c(c(N)c2C1)CCC3. The van der Waals surface area contributed by atoms with Crippen molar-refractivity contribution in [3.8, 4) is 0 Å². The summed E-state index contributed by atoms with van der Waals surface area (Å²) in [7, 11) is 0. The van der Waals surface area contributed by atoms with Gasteiger partial charge in [0.1, 0.15) is 0 Å². The fraction of sp³-hybridized carbons (Fsp3) is 0.538. The Kier molecular flexibility index (Phi) is 1.64. The molecule has 0 bridgehead atoms. The van der Waals surface area contributed by atoms with E-state index in [2.05, 4.69) is 13.0 Å². The van der Waals surface area contributed by atoms with Crippen LogP contribution >= 0.6 is 0 Å². The Morgan fingerprint density at radius 1 is 1.14 bits per heavy atom. The van der Waals surface area contributed by atoms with Gasteiger partial charge in [-0.1, -0.05) is 13.0 Å². The van der Waals surface area contributed by atoms with Crippen molar-refractivity contribution in [3.63, 3.8) is 0 Å². The van der Waals surface area contributed by atoms with Gasteiger partial charge < -0.3 is 5.73 Å². The number of nitrogen functional groups attached to an aromatic ring is 1. The molecule has 1 heteroatoms. The molecule has 2 aliphatic carbocycles. The molecular weight excluding hydrogens is 170 g/mol. The number of hydrogen-bond acceptors (Lipinski definition) is 1. The van der Waals surface area contributed by atoms with Gasteiger partial charge in [-0.25, -0.2) is 0 Å². The molecule has 0 heterocycles. The average Bonchev–Trinajstić information content (AvgIpc) is 2.71. The molecular formula is C13H17N. The normalized spacial score (nSPS) is 23.6. The Balaban J connectivity index is 2.19. The van der Waals surface area contributed by atoms with Crippen molar-refractivity contribution in [3.05, 3.63) is 28.3 Å². The first-order valence-corrected chi connectivity index (χ1v) is 5.67. The lowest BCUT2D eigenvalue weighted by atomic mass is 9.99. The number of anilines is 1. The third kappa shape index (κ3) is 1.01. The topological polar surface area (TPSA) is 26.0 Å². The van der Waals surface area contributed by atoms with Crippen molar-refractivity contribution in [1.29, 1.82) is 0 Å². The van der Waals surface area contributed by atoms with E-state index in [0.29, 0.717) is 0 Å². The zero-order chi connectivity index (χ0) is 9.71. The summed E-state index contributed by atoms with van der Waals surface area (Å²) in [5.74, 6) is 0.801. The molecule has 2 aliphatic rings. The van der Waals surface area contributed by atoms with E-state index in [0.717, 1.165) is 11.6 Å². The van der Waals surface area contributed by atoms with E-state index < -0.39 is 0 Å². The first-order chi connectivity index (χ1) is 6.75. The van der Waals surface area contributed by atoms with Crippen LogP contribution in [-0.2, 0) is 25.7 Å². The van der Waals surface area contributed by atoms with Gasteiger partial charge in [0.25, 0.3) is 0 Å². The van der Waals surface area contributed by atoms with Gasteiger partial charge in [-0.2, -0.15) is 0 Å². The quantitative estimate of drug-likeness (QED) is 0.620. The minimum atomic E-state index is 0.801. The van der Waals surface area contributed by atoms with Gasteiger partial charge in [0, 0.05) is 5.69 Å². The Labute approximate surface area is 85.3 Å². The summed E-state index contributed by atoms with van der Waals surface area (Å²) in [6, 6.07) is 2.43. The van der Waals surface area contributed by atoms with Crippen LogP contribution in [0, 0.1) is 5.92 Å². The molecule has 0 fully saturated rings. The van der Waals surface area contributed by atoms with Crippen molar-refractivity contribution >= 4 is 5.69 Å². The molecule has 0 saturated heterocycles. The van der Waals surface area contributed by atoms with Crippen LogP contribution < -0.4 is 5.73 Å². The Hall–Kier alpha value is -0.980. The molecule has 1 aromatic rings. The van der Waals surface area contributed by atoms with Gasteiger partial charge in [0.2, 0.25) is 0 Å². The van der Waals surface area contributed by atoms with E-state index >= 15 is 0 Å². The Morgan fingerprint density at radius 3 is 2.86 bits per heavy atom. The first kappa shape index (κ1) is 8.34. The lowest BCUT2D eigenvalue weighted by Crippen LogP contribution is -2.00. The lowest BCUT2D eigenvalue weighted by Gasteiger charge is -2.10. The van der Waals surface area contributed by atoms with E-state index in [9.17, 15) is 0 Å². The summed E-state index contributed by atoms with van der Waals surface area (Å²) in [5, 5.41) is 0. The molecule has 0 aromatic heterocycles. The van der Waals surface area contributed by atoms with Gasteiger partial charge >= 0.3 is 0 Å². The van der Waals surface area contributed by atoms with Crippen LogP contribution in [0.1, 0.15) is 35.6 Å². The van der Waals surface area contributed by atoms with E-state index in [1.54, 1.807) is 0 Å².